The molecule has 5 nitrogen and oxygen atoms in total. The van der Waals surface area contributed by atoms with Crippen LogP contribution in [0, 0.1) is 0 Å². The van der Waals surface area contributed by atoms with Gasteiger partial charge in [0.25, 0.3) is 0 Å². The highest BCUT2D eigenvalue weighted by Crippen LogP contribution is 2.27. The maximum atomic E-state index is 12.7. The first-order valence-electron chi connectivity index (χ1n) is 8.01. The second-order valence-corrected chi connectivity index (χ2v) is 6.28. The van der Waals surface area contributed by atoms with Crippen molar-refractivity contribution in [2.75, 3.05) is 25.1 Å². The van der Waals surface area contributed by atoms with E-state index in [4.69, 9.17) is 9.47 Å². The summed E-state index contributed by atoms with van der Waals surface area (Å²) in [5, 5.41) is 2.96. The lowest BCUT2D eigenvalue weighted by Gasteiger charge is -2.41. The highest BCUT2D eigenvalue weighted by molar-refractivity contribution is 5.89. The average Bonchev–Trinajstić information content (AvgIpc) is 2.51. The van der Waals surface area contributed by atoms with Gasteiger partial charge in [0, 0.05) is 18.3 Å². The van der Waals surface area contributed by atoms with Crippen molar-refractivity contribution in [1.82, 2.24) is 4.90 Å². The summed E-state index contributed by atoms with van der Waals surface area (Å²) in [6, 6.07) is 9.51. The first-order valence-corrected chi connectivity index (χ1v) is 8.01. The van der Waals surface area contributed by atoms with Crippen molar-refractivity contribution in [1.29, 1.82) is 0 Å². The number of ether oxygens (including phenoxy) is 2. The monoisotopic (exact) mass is 318 g/mol. The number of nitrogens with zero attached hydrogens (tertiary/aromatic N) is 1. The van der Waals surface area contributed by atoms with Gasteiger partial charge in [-0.1, -0.05) is 24.8 Å². The van der Waals surface area contributed by atoms with Crippen LogP contribution >= 0.6 is 0 Å². The SMILES string of the molecule is C=COCCN(C(=O)Nc1ccccc1)C1CCOC(C)(C)C1. The number of hydrogen-bond donors (Lipinski definition) is 1. The van der Waals surface area contributed by atoms with E-state index >= 15 is 0 Å². The van der Waals surface area contributed by atoms with E-state index in [1.165, 1.54) is 6.26 Å². The van der Waals surface area contributed by atoms with Gasteiger partial charge in [-0.25, -0.2) is 4.79 Å². The normalized spacial score (nSPS) is 19.7. The van der Waals surface area contributed by atoms with Gasteiger partial charge in [-0.15, -0.1) is 0 Å². The lowest BCUT2D eigenvalue weighted by atomic mass is 9.93. The Morgan fingerprint density at radius 3 is 2.87 bits per heavy atom. The van der Waals surface area contributed by atoms with Crippen LogP contribution in [0.3, 0.4) is 0 Å². The summed E-state index contributed by atoms with van der Waals surface area (Å²) in [5.74, 6) is 0. The number of carbonyl (C=O) groups is 1. The molecule has 1 fully saturated rings. The Hall–Kier alpha value is -2.01. The van der Waals surface area contributed by atoms with Crippen LogP contribution in [-0.4, -0.2) is 42.3 Å². The highest BCUT2D eigenvalue weighted by Gasteiger charge is 2.34. The van der Waals surface area contributed by atoms with E-state index in [-0.39, 0.29) is 17.7 Å². The molecule has 1 N–H and O–H groups in total. The zero-order valence-electron chi connectivity index (χ0n) is 14.0. The molecule has 2 amide bonds. The number of rotatable bonds is 6. The number of anilines is 1. The van der Waals surface area contributed by atoms with Crippen LogP contribution in [0.5, 0.6) is 0 Å². The molecule has 0 spiro atoms. The van der Waals surface area contributed by atoms with Gasteiger partial charge in [-0.05, 0) is 38.8 Å². The maximum absolute atomic E-state index is 12.7. The first-order chi connectivity index (χ1) is 11.0. The van der Waals surface area contributed by atoms with Crippen LogP contribution in [0.25, 0.3) is 0 Å². The largest absolute Gasteiger partial charge is 0.500 e. The van der Waals surface area contributed by atoms with Crippen LogP contribution in [0.4, 0.5) is 10.5 Å². The van der Waals surface area contributed by atoms with Crippen molar-refractivity contribution >= 4 is 11.7 Å². The molecular weight excluding hydrogens is 292 g/mol. The molecule has 1 atom stereocenters. The van der Waals surface area contributed by atoms with Crippen LogP contribution < -0.4 is 5.32 Å². The molecule has 1 aliphatic rings. The third-order valence-electron chi connectivity index (χ3n) is 3.97. The lowest BCUT2D eigenvalue weighted by molar-refractivity contribution is -0.0773. The second kappa shape index (κ2) is 8.02. The molecule has 1 aromatic rings. The fourth-order valence-corrected chi connectivity index (χ4v) is 2.87. The average molecular weight is 318 g/mol. The molecule has 0 aliphatic carbocycles. The van der Waals surface area contributed by atoms with Crippen LogP contribution in [0.1, 0.15) is 26.7 Å². The summed E-state index contributed by atoms with van der Waals surface area (Å²) in [4.78, 5) is 14.6. The van der Waals surface area contributed by atoms with Gasteiger partial charge in [-0.3, -0.25) is 0 Å². The van der Waals surface area contributed by atoms with Crippen molar-refractivity contribution in [2.24, 2.45) is 0 Å². The minimum Gasteiger partial charge on any atom is -0.500 e. The molecule has 1 unspecified atom stereocenters. The Bertz CT molecular complexity index is 516. The molecule has 2 rings (SSSR count). The molecular formula is C18H26N2O3. The van der Waals surface area contributed by atoms with E-state index in [1.54, 1.807) is 0 Å². The minimum atomic E-state index is -0.215. The molecule has 1 aliphatic heterocycles. The van der Waals surface area contributed by atoms with E-state index in [2.05, 4.69) is 25.7 Å². The van der Waals surface area contributed by atoms with Crippen molar-refractivity contribution in [2.45, 2.75) is 38.3 Å². The predicted molar refractivity (Wildman–Crippen MR) is 91.4 cm³/mol. The van der Waals surface area contributed by atoms with Crippen LogP contribution in [0.2, 0.25) is 0 Å². The summed E-state index contributed by atoms with van der Waals surface area (Å²) in [5.41, 5.74) is 0.575. The summed E-state index contributed by atoms with van der Waals surface area (Å²) in [6.07, 6.45) is 3.05. The van der Waals surface area contributed by atoms with Gasteiger partial charge >= 0.3 is 6.03 Å². The Kier molecular flexibility index (Phi) is 6.04. The van der Waals surface area contributed by atoms with Gasteiger partial charge in [0.2, 0.25) is 0 Å². The number of urea groups is 1. The van der Waals surface area contributed by atoms with Gasteiger partial charge in [0.05, 0.1) is 18.4 Å². The van der Waals surface area contributed by atoms with Gasteiger partial charge in [0.1, 0.15) is 6.61 Å². The number of amides is 2. The molecule has 0 aromatic heterocycles. The molecule has 1 aromatic carbocycles. The zero-order valence-corrected chi connectivity index (χ0v) is 14.0. The summed E-state index contributed by atoms with van der Waals surface area (Å²) in [7, 11) is 0. The topological polar surface area (TPSA) is 50.8 Å². The molecule has 1 saturated heterocycles. The molecule has 23 heavy (non-hydrogen) atoms. The van der Waals surface area contributed by atoms with Gasteiger partial charge in [-0.2, -0.15) is 0 Å². The Balaban J connectivity index is 2.06. The number of nitrogens with one attached hydrogen (secondary N) is 1. The van der Waals surface area contributed by atoms with Crippen molar-refractivity contribution in [3.63, 3.8) is 0 Å². The van der Waals surface area contributed by atoms with Crippen molar-refractivity contribution < 1.29 is 14.3 Å². The van der Waals surface area contributed by atoms with Gasteiger partial charge in [0.15, 0.2) is 0 Å². The fraction of sp³-hybridized carbons (Fsp3) is 0.500. The number of hydrogen-bond acceptors (Lipinski definition) is 3. The Morgan fingerprint density at radius 2 is 2.22 bits per heavy atom. The van der Waals surface area contributed by atoms with Crippen molar-refractivity contribution in [3.05, 3.63) is 43.2 Å². The molecule has 0 bridgehead atoms. The molecule has 1 heterocycles. The third-order valence-corrected chi connectivity index (χ3v) is 3.97. The van der Waals surface area contributed by atoms with E-state index in [0.29, 0.717) is 19.8 Å². The summed E-state index contributed by atoms with van der Waals surface area (Å²) in [6.45, 7) is 9.28. The predicted octanol–water partition coefficient (Wildman–Crippen LogP) is 3.64. The number of para-hydroxylation sites is 1. The Morgan fingerprint density at radius 1 is 1.48 bits per heavy atom. The minimum absolute atomic E-state index is 0.105. The fourth-order valence-electron chi connectivity index (χ4n) is 2.87. The van der Waals surface area contributed by atoms with E-state index in [0.717, 1.165) is 18.5 Å². The maximum Gasteiger partial charge on any atom is 0.322 e. The molecule has 5 heteroatoms. The third kappa shape index (κ3) is 5.28. The van der Waals surface area contributed by atoms with E-state index < -0.39 is 0 Å². The van der Waals surface area contributed by atoms with Gasteiger partial charge < -0.3 is 19.7 Å². The second-order valence-electron chi connectivity index (χ2n) is 6.28. The summed E-state index contributed by atoms with van der Waals surface area (Å²) < 4.78 is 11.0. The molecule has 126 valence electrons. The molecule has 0 saturated carbocycles. The number of carbonyl (C=O) groups excluding carboxylic acids is 1. The van der Waals surface area contributed by atoms with E-state index in [1.807, 2.05) is 35.2 Å². The standard InChI is InChI=1S/C18H26N2O3/c1-4-22-13-11-20(16-10-12-23-18(2,3)14-16)17(21)19-15-8-6-5-7-9-15/h4-9,16H,1,10-14H2,2-3H3,(H,19,21). The quantitative estimate of drug-likeness (QED) is 0.643. The Labute approximate surface area is 138 Å². The zero-order chi connectivity index (χ0) is 16.7. The molecule has 0 radical (unpaired) electrons. The van der Waals surface area contributed by atoms with E-state index in [9.17, 15) is 4.79 Å². The van der Waals surface area contributed by atoms with Crippen molar-refractivity contribution in [3.8, 4) is 0 Å². The highest BCUT2D eigenvalue weighted by atomic mass is 16.5. The summed E-state index contributed by atoms with van der Waals surface area (Å²) >= 11 is 0. The first kappa shape index (κ1) is 17.3. The number of benzene rings is 1. The van der Waals surface area contributed by atoms with Crippen LogP contribution in [0.15, 0.2) is 43.2 Å². The lowest BCUT2D eigenvalue weighted by Crippen LogP contribution is -2.50. The van der Waals surface area contributed by atoms with Crippen LogP contribution in [-0.2, 0) is 9.47 Å². The smallest absolute Gasteiger partial charge is 0.322 e.